The van der Waals surface area contributed by atoms with Gasteiger partial charge in [0.25, 0.3) is 0 Å². The van der Waals surface area contributed by atoms with Gasteiger partial charge >= 0.3 is 5.97 Å². The number of rotatable bonds is 7. The molecule has 0 heterocycles. The van der Waals surface area contributed by atoms with Crippen molar-refractivity contribution in [2.45, 2.75) is 26.8 Å². The van der Waals surface area contributed by atoms with Crippen LogP contribution in [0.5, 0.6) is 0 Å². The van der Waals surface area contributed by atoms with Gasteiger partial charge in [-0.05, 0) is 11.8 Å². The Morgan fingerprint density at radius 3 is 2.36 bits per heavy atom. The summed E-state index contributed by atoms with van der Waals surface area (Å²) in [4.78, 5) is 10.8. The lowest BCUT2D eigenvalue weighted by atomic mass is 10.0. The zero-order chi connectivity index (χ0) is 11.1. The first kappa shape index (κ1) is 13.4. The summed E-state index contributed by atoms with van der Waals surface area (Å²) in [5.74, 6) is -0.354. The molecular formula is C10H21NO3. The third-order valence-electron chi connectivity index (χ3n) is 2.07. The molecule has 0 amide bonds. The minimum absolute atomic E-state index is 0.0993. The van der Waals surface area contributed by atoms with Gasteiger partial charge in [-0.3, -0.25) is 4.79 Å². The highest BCUT2D eigenvalue weighted by molar-refractivity contribution is 5.73. The molecule has 0 aromatic heterocycles. The Balaban J connectivity index is 3.88. The monoisotopic (exact) mass is 203 g/mol. The Kier molecular flexibility index (Phi) is 6.49. The Morgan fingerprint density at radius 2 is 2.00 bits per heavy atom. The van der Waals surface area contributed by atoms with Crippen molar-refractivity contribution in [3.63, 3.8) is 0 Å². The van der Waals surface area contributed by atoms with Crippen LogP contribution in [-0.4, -0.2) is 37.4 Å². The van der Waals surface area contributed by atoms with E-state index in [1.54, 1.807) is 7.11 Å². The Bertz CT molecular complexity index is 171. The van der Waals surface area contributed by atoms with E-state index in [0.29, 0.717) is 19.1 Å². The lowest BCUT2D eigenvalue weighted by molar-refractivity contribution is -0.140. The standard InChI is InChI=1S/C10H21NO3/c1-7(2)9(10(12)13)11-5-8(3)6-14-4/h7-9,11H,5-6H2,1-4H3,(H,12,13). The lowest BCUT2D eigenvalue weighted by Crippen LogP contribution is -2.43. The van der Waals surface area contributed by atoms with Crippen LogP contribution >= 0.6 is 0 Å². The first-order valence-electron chi connectivity index (χ1n) is 4.94. The summed E-state index contributed by atoms with van der Waals surface area (Å²) in [6.45, 7) is 7.13. The molecule has 0 rings (SSSR count). The van der Waals surface area contributed by atoms with Gasteiger partial charge in [-0.25, -0.2) is 0 Å². The van der Waals surface area contributed by atoms with Crippen molar-refractivity contribution in [1.29, 1.82) is 0 Å². The fourth-order valence-corrected chi connectivity index (χ4v) is 1.28. The minimum Gasteiger partial charge on any atom is -0.480 e. The number of hydrogen-bond acceptors (Lipinski definition) is 3. The molecule has 0 fully saturated rings. The highest BCUT2D eigenvalue weighted by Crippen LogP contribution is 2.03. The normalized spacial score (nSPS) is 15.5. The third kappa shape index (κ3) is 5.19. The topological polar surface area (TPSA) is 58.6 Å². The average molecular weight is 203 g/mol. The second-order valence-corrected chi connectivity index (χ2v) is 4.03. The Labute approximate surface area is 85.6 Å². The van der Waals surface area contributed by atoms with Crippen LogP contribution in [0.3, 0.4) is 0 Å². The molecule has 0 aliphatic carbocycles. The molecule has 0 saturated heterocycles. The molecule has 84 valence electrons. The summed E-state index contributed by atoms with van der Waals surface area (Å²) < 4.78 is 4.97. The molecule has 4 nitrogen and oxygen atoms in total. The van der Waals surface area contributed by atoms with Crippen LogP contribution in [0.1, 0.15) is 20.8 Å². The second kappa shape index (κ2) is 6.79. The quantitative estimate of drug-likeness (QED) is 0.647. The summed E-state index contributed by atoms with van der Waals surface area (Å²) in [6.07, 6.45) is 0. The van der Waals surface area contributed by atoms with Crippen LogP contribution in [0, 0.1) is 11.8 Å². The van der Waals surface area contributed by atoms with Crippen molar-refractivity contribution in [2.75, 3.05) is 20.3 Å². The van der Waals surface area contributed by atoms with Gasteiger partial charge in [0.05, 0.1) is 0 Å². The van der Waals surface area contributed by atoms with Crippen molar-refractivity contribution in [3.05, 3.63) is 0 Å². The van der Waals surface area contributed by atoms with Crippen LogP contribution in [0.4, 0.5) is 0 Å². The number of hydrogen-bond donors (Lipinski definition) is 2. The number of carboxylic acids is 1. The first-order chi connectivity index (χ1) is 6.49. The molecule has 2 N–H and O–H groups in total. The molecule has 0 saturated carbocycles. The third-order valence-corrected chi connectivity index (χ3v) is 2.07. The van der Waals surface area contributed by atoms with Crippen molar-refractivity contribution < 1.29 is 14.6 Å². The number of methoxy groups -OCH3 is 1. The number of carbonyl (C=O) groups is 1. The van der Waals surface area contributed by atoms with E-state index >= 15 is 0 Å². The molecule has 4 heteroatoms. The van der Waals surface area contributed by atoms with Gasteiger partial charge in [-0.1, -0.05) is 20.8 Å². The van der Waals surface area contributed by atoms with Crippen LogP contribution in [0.2, 0.25) is 0 Å². The van der Waals surface area contributed by atoms with Crippen LogP contribution in [0.25, 0.3) is 0 Å². The summed E-state index contributed by atoms with van der Waals surface area (Å²) in [5, 5.41) is 11.9. The highest BCUT2D eigenvalue weighted by atomic mass is 16.5. The summed E-state index contributed by atoms with van der Waals surface area (Å²) in [7, 11) is 1.65. The van der Waals surface area contributed by atoms with E-state index in [1.807, 2.05) is 20.8 Å². The molecule has 0 aromatic carbocycles. The predicted octanol–water partition coefficient (Wildman–Crippen LogP) is 0.968. The molecule has 0 aliphatic heterocycles. The Morgan fingerprint density at radius 1 is 1.43 bits per heavy atom. The van der Waals surface area contributed by atoms with Gasteiger partial charge < -0.3 is 15.2 Å². The van der Waals surface area contributed by atoms with E-state index in [9.17, 15) is 4.79 Å². The fourth-order valence-electron chi connectivity index (χ4n) is 1.28. The Hall–Kier alpha value is -0.610. The van der Waals surface area contributed by atoms with Gasteiger partial charge in [0, 0.05) is 20.3 Å². The number of carboxylic acid groups (broad SMARTS) is 1. The van der Waals surface area contributed by atoms with Gasteiger partial charge in [-0.15, -0.1) is 0 Å². The molecule has 14 heavy (non-hydrogen) atoms. The summed E-state index contributed by atoms with van der Waals surface area (Å²) >= 11 is 0. The number of aliphatic carboxylic acids is 1. The van der Waals surface area contributed by atoms with Crippen molar-refractivity contribution in [1.82, 2.24) is 5.32 Å². The maximum Gasteiger partial charge on any atom is 0.320 e. The van der Waals surface area contributed by atoms with Crippen LogP contribution < -0.4 is 5.32 Å². The summed E-state index contributed by atoms with van der Waals surface area (Å²) in [6, 6.07) is -0.464. The van der Waals surface area contributed by atoms with E-state index in [4.69, 9.17) is 9.84 Å². The molecule has 0 spiro atoms. The molecule has 2 atom stereocenters. The zero-order valence-corrected chi connectivity index (χ0v) is 9.41. The number of ether oxygens (including phenoxy) is 1. The van der Waals surface area contributed by atoms with Crippen molar-refractivity contribution in [3.8, 4) is 0 Å². The minimum atomic E-state index is -0.787. The predicted molar refractivity (Wildman–Crippen MR) is 55.3 cm³/mol. The molecular weight excluding hydrogens is 182 g/mol. The first-order valence-corrected chi connectivity index (χ1v) is 4.94. The van der Waals surface area contributed by atoms with E-state index in [0.717, 1.165) is 0 Å². The van der Waals surface area contributed by atoms with E-state index in [2.05, 4.69) is 5.32 Å². The maximum absolute atomic E-state index is 10.8. The maximum atomic E-state index is 10.8. The van der Waals surface area contributed by atoms with Gasteiger partial charge in [0.1, 0.15) is 6.04 Å². The average Bonchev–Trinajstić information content (AvgIpc) is 2.03. The van der Waals surface area contributed by atoms with Gasteiger partial charge in [-0.2, -0.15) is 0 Å². The largest absolute Gasteiger partial charge is 0.480 e. The van der Waals surface area contributed by atoms with E-state index in [1.165, 1.54) is 0 Å². The van der Waals surface area contributed by atoms with Crippen molar-refractivity contribution >= 4 is 5.97 Å². The van der Waals surface area contributed by atoms with Gasteiger partial charge in [0.2, 0.25) is 0 Å². The van der Waals surface area contributed by atoms with E-state index < -0.39 is 12.0 Å². The highest BCUT2D eigenvalue weighted by Gasteiger charge is 2.20. The number of nitrogens with one attached hydrogen (secondary N) is 1. The molecule has 0 bridgehead atoms. The van der Waals surface area contributed by atoms with Gasteiger partial charge in [0.15, 0.2) is 0 Å². The molecule has 0 aliphatic rings. The molecule has 0 radical (unpaired) electrons. The zero-order valence-electron chi connectivity index (χ0n) is 9.41. The second-order valence-electron chi connectivity index (χ2n) is 4.03. The van der Waals surface area contributed by atoms with Crippen molar-refractivity contribution in [2.24, 2.45) is 11.8 Å². The SMILES string of the molecule is COCC(C)CNC(C(=O)O)C(C)C. The molecule has 2 unspecified atom stereocenters. The molecule has 0 aromatic rings. The summed E-state index contributed by atoms with van der Waals surface area (Å²) in [5.41, 5.74) is 0. The lowest BCUT2D eigenvalue weighted by Gasteiger charge is -2.20. The van der Waals surface area contributed by atoms with Crippen LogP contribution in [-0.2, 0) is 9.53 Å². The smallest absolute Gasteiger partial charge is 0.320 e. The van der Waals surface area contributed by atoms with E-state index in [-0.39, 0.29) is 5.92 Å². The fraction of sp³-hybridized carbons (Fsp3) is 0.900. The van der Waals surface area contributed by atoms with Crippen LogP contribution in [0.15, 0.2) is 0 Å².